The van der Waals surface area contributed by atoms with Crippen molar-refractivity contribution in [3.63, 3.8) is 0 Å². The van der Waals surface area contributed by atoms with Crippen LogP contribution in [0.4, 0.5) is 0 Å². The summed E-state index contributed by atoms with van der Waals surface area (Å²) < 4.78 is 1.66. The molecule has 15 heteroatoms. The lowest BCUT2D eigenvalue weighted by Crippen LogP contribution is -2.45. The number of likely N-dealkylation sites (N-methyl/N-ethyl adjacent to an activating group) is 1. The van der Waals surface area contributed by atoms with Gasteiger partial charge in [-0.25, -0.2) is 9.97 Å². The van der Waals surface area contributed by atoms with E-state index in [2.05, 4.69) is 25.9 Å². The van der Waals surface area contributed by atoms with Gasteiger partial charge in [-0.05, 0) is 31.4 Å². The fourth-order valence-corrected chi connectivity index (χ4v) is 5.50. The number of β-amino-alcohol motifs (C(OH)–C–C–N with tert-alkyl or cyclic N) is 1. The summed E-state index contributed by atoms with van der Waals surface area (Å²) >= 11 is 7.25. The van der Waals surface area contributed by atoms with Gasteiger partial charge in [-0.1, -0.05) is 11.6 Å². The predicted octanol–water partition coefficient (Wildman–Crippen LogP) is 0.890. The number of aliphatic hydroxyl groups excluding tert-OH is 1. The first kappa shape index (κ1) is 28.3. The van der Waals surface area contributed by atoms with Gasteiger partial charge < -0.3 is 36.1 Å². The Kier molecular flexibility index (Phi) is 8.99. The number of hydrogen-bond donors (Lipinski definition) is 6. The number of hydrogen-bond acceptors (Lipinski definition) is 8. The Morgan fingerprint density at radius 2 is 2.05 bits per heavy atom. The molecule has 1 fully saturated rings. The number of rotatable bonds is 10. The first-order chi connectivity index (χ1) is 18.7. The topological polar surface area (TPSA) is 191 Å². The number of nitrogens with zero attached hydrogens (tertiary/aromatic N) is 4. The molecule has 1 aliphatic rings. The number of nitrogens with one attached hydrogen (secondary N) is 4. The number of nitrogens with two attached hydrogens (primary N) is 1. The molecule has 0 aliphatic carbocycles. The first-order valence-electron chi connectivity index (χ1n) is 12.3. The summed E-state index contributed by atoms with van der Waals surface area (Å²) in [7, 11) is 1.49. The minimum atomic E-state index is -0.764. The molecule has 4 rings (SSSR count). The van der Waals surface area contributed by atoms with E-state index >= 15 is 0 Å². The Balaban J connectivity index is 1.43. The van der Waals surface area contributed by atoms with Crippen molar-refractivity contribution >= 4 is 52.3 Å². The van der Waals surface area contributed by atoms with Crippen molar-refractivity contribution in [1.82, 2.24) is 35.2 Å². The fourth-order valence-electron chi connectivity index (χ4n) is 4.40. The molecular formula is C24H30ClN9O4S. The largest absolute Gasteiger partial charge is 0.391 e. The number of fused-ring (bicyclic) bond motifs is 1. The summed E-state index contributed by atoms with van der Waals surface area (Å²) in [6.45, 7) is 0.598. The molecule has 3 aromatic rings. The molecule has 13 nitrogen and oxygen atoms in total. The maximum Gasteiger partial charge on any atom is 0.274 e. The normalized spacial score (nSPS) is 17.7. The molecule has 3 amide bonds. The van der Waals surface area contributed by atoms with E-state index in [-0.39, 0.29) is 42.1 Å². The number of pyridine rings is 1. The Labute approximate surface area is 233 Å². The van der Waals surface area contributed by atoms with Crippen LogP contribution in [0, 0.1) is 5.41 Å². The standard InChI is InChI=1S/C24H30ClN9O4S/c1-28-20(36)15(4-2-3-7-29-24(26)27)31-21(37)17-12-39-22(32-17)18-8-14(35)10-34(18)23(38)16-11-33-9-13(25)5-6-19(33)30-16/h5-6,9,11-12,14-15,18,35H,2-4,7-8,10H2,1H3,(H,28,36)(H,31,37)(H4,26,27,29)/t14-,15-,18-/m1/s1. The highest BCUT2D eigenvalue weighted by molar-refractivity contribution is 7.09. The maximum absolute atomic E-state index is 13.3. The molecule has 3 aromatic heterocycles. The highest BCUT2D eigenvalue weighted by atomic mass is 35.5. The zero-order chi connectivity index (χ0) is 28.1. The number of thiazole rings is 1. The van der Waals surface area contributed by atoms with Crippen LogP contribution in [0.25, 0.3) is 5.65 Å². The molecule has 7 N–H and O–H groups in total. The van der Waals surface area contributed by atoms with Gasteiger partial charge in [0.1, 0.15) is 28.1 Å². The zero-order valence-corrected chi connectivity index (χ0v) is 22.8. The van der Waals surface area contributed by atoms with E-state index in [4.69, 9.17) is 22.7 Å². The molecule has 0 radical (unpaired) electrons. The summed E-state index contributed by atoms with van der Waals surface area (Å²) in [6, 6.07) is 2.09. The first-order valence-corrected chi connectivity index (χ1v) is 13.6. The van der Waals surface area contributed by atoms with Crippen LogP contribution in [0.2, 0.25) is 5.02 Å². The highest BCUT2D eigenvalue weighted by Gasteiger charge is 2.38. The van der Waals surface area contributed by atoms with Crippen LogP contribution < -0.4 is 21.7 Å². The number of likely N-dealkylation sites (tertiary alicyclic amines) is 1. The number of carbonyl (C=O) groups excluding carboxylic acids is 3. The third kappa shape index (κ3) is 6.82. The van der Waals surface area contributed by atoms with Gasteiger partial charge >= 0.3 is 0 Å². The van der Waals surface area contributed by atoms with Crippen LogP contribution >= 0.6 is 22.9 Å². The summed E-state index contributed by atoms with van der Waals surface area (Å²) in [5.74, 6) is -1.33. The lowest BCUT2D eigenvalue weighted by Gasteiger charge is -2.21. The second kappa shape index (κ2) is 12.4. The molecule has 3 atom stereocenters. The van der Waals surface area contributed by atoms with E-state index in [9.17, 15) is 19.5 Å². The third-order valence-corrected chi connectivity index (χ3v) is 7.49. The number of aliphatic hydroxyl groups is 1. The van der Waals surface area contributed by atoms with Crippen LogP contribution in [-0.4, -0.2) is 80.3 Å². The van der Waals surface area contributed by atoms with Crippen molar-refractivity contribution in [2.75, 3.05) is 20.1 Å². The predicted molar refractivity (Wildman–Crippen MR) is 146 cm³/mol. The quantitative estimate of drug-likeness (QED) is 0.117. The van der Waals surface area contributed by atoms with E-state index in [0.717, 1.165) is 0 Å². The lowest BCUT2D eigenvalue weighted by atomic mass is 10.1. The number of amides is 3. The summed E-state index contributed by atoms with van der Waals surface area (Å²) in [4.78, 5) is 49.0. The number of unbranched alkanes of at least 4 members (excludes halogenated alkanes) is 1. The molecule has 208 valence electrons. The van der Waals surface area contributed by atoms with Gasteiger partial charge in [-0.15, -0.1) is 11.3 Å². The SMILES string of the molecule is CNC(=O)[C@@H](CCCCNC(=N)N)NC(=O)c1csc([C@H]2C[C@@H](O)CN2C(=O)c2cn3cc(Cl)ccc3n2)n1. The number of carbonyl (C=O) groups is 3. The summed E-state index contributed by atoms with van der Waals surface area (Å²) in [5.41, 5.74) is 6.16. The van der Waals surface area contributed by atoms with Crippen LogP contribution in [0.3, 0.4) is 0 Å². The second-order valence-corrected chi connectivity index (χ2v) is 10.5. The smallest absolute Gasteiger partial charge is 0.274 e. The highest BCUT2D eigenvalue weighted by Crippen LogP contribution is 2.35. The molecule has 1 aliphatic heterocycles. The Morgan fingerprint density at radius 1 is 1.26 bits per heavy atom. The summed E-state index contributed by atoms with van der Waals surface area (Å²) in [6.07, 6.45) is 4.43. The van der Waals surface area contributed by atoms with E-state index in [1.165, 1.54) is 23.3 Å². The van der Waals surface area contributed by atoms with Crippen molar-refractivity contribution in [1.29, 1.82) is 5.41 Å². The van der Waals surface area contributed by atoms with Crippen molar-refractivity contribution < 1.29 is 19.5 Å². The molecule has 0 spiro atoms. The van der Waals surface area contributed by atoms with Gasteiger partial charge in [-0.2, -0.15) is 0 Å². The van der Waals surface area contributed by atoms with Gasteiger partial charge in [0, 0.05) is 44.3 Å². The van der Waals surface area contributed by atoms with E-state index in [0.29, 0.717) is 41.5 Å². The van der Waals surface area contributed by atoms with Crippen LogP contribution in [0.1, 0.15) is 57.7 Å². The van der Waals surface area contributed by atoms with Gasteiger partial charge in [-0.3, -0.25) is 19.8 Å². The van der Waals surface area contributed by atoms with Crippen molar-refractivity contribution in [2.45, 2.75) is 43.9 Å². The molecule has 1 saturated heterocycles. The van der Waals surface area contributed by atoms with Crippen LogP contribution in [0.15, 0.2) is 29.9 Å². The van der Waals surface area contributed by atoms with Crippen molar-refractivity contribution in [3.05, 3.63) is 51.3 Å². The zero-order valence-electron chi connectivity index (χ0n) is 21.2. The number of aromatic nitrogens is 3. The maximum atomic E-state index is 13.3. The van der Waals surface area contributed by atoms with Gasteiger partial charge in [0.15, 0.2) is 5.96 Å². The van der Waals surface area contributed by atoms with E-state index in [1.54, 1.807) is 34.3 Å². The number of halogens is 1. The van der Waals surface area contributed by atoms with E-state index in [1.807, 2.05) is 0 Å². The molecule has 0 aromatic carbocycles. The van der Waals surface area contributed by atoms with E-state index < -0.39 is 24.1 Å². The third-order valence-electron chi connectivity index (χ3n) is 6.32. The average molecular weight is 576 g/mol. The van der Waals surface area contributed by atoms with Gasteiger partial charge in [0.25, 0.3) is 11.8 Å². The minimum Gasteiger partial charge on any atom is -0.391 e. The monoisotopic (exact) mass is 575 g/mol. The molecular weight excluding hydrogens is 546 g/mol. The molecule has 4 heterocycles. The summed E-state index contributed by atoms with van der Waals surface area (Å²) in [5, 5.41) is 28.1. The Hall–Kier alpha value is -3.75. The van der Waals surface area contributed by atoms with Crippen molar-refractivity contribution in [2.24, 2.45) is 5.73 Å². The van der Waals surface area contributed by atoms with Crippen LogP contribution in [0.5, 0.6) is 0 Å². The molecule has 0 bridgehead atoms. The van der Waals surface area contributed by atoms with Crippen molar-refractivity contribution in [3.8, 4) is 0 Å². The number of guanidine groups is 1. The Bertz CT molecular complexity index is 1380. The second-order valence-electron chi connectivity index (χ2n) is 9.15. The molecule has 39 heavy (non-hydrogen) atoms. The molecule has 0 saturated carbocycles. The van der Waals surface area contributed by atoms with Gasteiger partial charge in [0.05, 0.1) is 17.2 Å². The lowest BCUT2D eigenvalue weighted by molar-refractivity contribution is -0.122. The minimum absolute atomic E-state index is 0.108. The molecule has 0 unspecified atom stereocenters. The average Bonchev–Trinajstić information content (AvgIpc) is 3.64. The fraction of sp³-hybridized carbons (Fsp3) is 0.417. The number of imidazole rings is 1. The van der Waals surface area contributed by atoms with Gasteiger partial charge in [0.2, 0.25) is 5.91 Å². The Morgan fingerprint density at radius 3 is 2.79 bits per heavy atom. The van der Waals surface area contributed by atoms with Crippen LogP contribution in [-0.2, 0) is 4.79 Å².